The van der Waals surface area contributed by atoms with Crippen LogP contribution in [0.4, 0.5) is 4.79 Å². The molecule has 0 aromatic heterocycles. The Balaban J connectivity index is 1.54. The van der Waals surface area contributed by atoms with Crippen molar-refractivity contribution in [1.29, 1.82) is 0 Å². The second kappa shape index (κ2) is 8.52. The Labute approximate surface area is 172 Å². The van der Waals surface area contributed by atoms with Crippen LogP contribution in [0.25, 0.3) is 11.1 Å². The van der Waals surface area contributed by atoms with E-state index < -0.39 is 0 Å². The molecule has 1 aliphatic carbocycles. The standard InChI is InChI=1S/C26H27NO2/c1-19-11-13-21(14-12-19)23-16-15-22-9-6-10-25(24(22)17-23)27(2)26(28)29-18-20-7-4-3-5-8-20/h3-5,7-8,11-17,25H,6,9-10,18H2,1-2H3. The Morgan fingerprint density at radius 3 is 2.48 bits per heavy atom. The Hall–Kier alpha value is -3.07. The maximum absolute atomic E-state index is 12.7. The maximum atomic E-state index is 12.7. The lowest BCUT2D eigenvalue weighted by atomic mass is 9.85. The molecule has 0 saturated heterocycles. The van der Waals surface area contributed by atoms with E-state index in [1.165, 1.54) is 27.8 Å². The van der Waals surface area contributed by atoms with Gasteiger partial charge in [0.05, 0.1) is 6.04 Å². The number of rotatable bonds is 4. The average molecular weight is 386 g/mol. The van der Waals surface area contributed by atoms with Gasteiger partial charge in [-0.15, -0.1) is 0 Å². The highest BCUT2D eigenvalue weighted by molar-refractivity contribution is 5.69. The molecule has 0 saturated carbocycles. The molecule has 0 N–H and O–H groups in total. The summed E-state index contributed by atoms with van der Waals surface area (Å²) in [6, 6.07) is 25.1. The molecule has 3 nitrogen and oxygen atoms in total. The molecule has 4 rings (SSSR count). The molecular formula is C26H27NO2. The van der Waals surface area contributed by atoms with E-state index in [4.69, 9.17) is 4.74 Å². The predicted octanol–water partition coefficient (Wildman–Crippen LogP) is 6.31. The number of amides is 1. The lowest BCUT2D eigenvalue weighted by Gasteiger charge is -2.33. The lowest BCUT2D eigenvalue weighted by Crippen LogP contribution is -2.33. The second-order valence-electron chi connectivity index (χ2n) is 7.84. The van der Waals surface area contributed by atoms with Crippen LogP contribution in [0, 0.1) is 6.92 Å². The molecule has 0 bridgehead atoms. The van der Waals surface area contributed by atoms with E-state index in [9.17, 15) is 4.79 Å². The fourth-order valence-corrected chi connectivity index (χ4v) is 4.05. The van der Waals surface area contributed by atoms with Gasteiger partial charge in [-0.1, -0.05) is 72.3 Å². The van der Waals surface area contributed by atoms with Crippen LogP contribution in [0.1, 0.15) is 41.1 Å². The first-order valence-electron chi connectivity index (χ1n) is 10.3. The summed E-state index contributed by atoms with van der Waals surface area (Å²) in [5.74, 6) is 0. The van der Waals surface area contributed by atoms with Gasteiger partial charge >= 0.3 is 6.09 Å². The van der Waals surface area contributed by atoms with Gasteiger partial charge in [0.1, 0.15) is 6.61 Å². The summed E-state index contributed by atoms with van der Waals surface area (Å²) >= 11 is 0. The molecule has 3 heteroatoms. The Morgan fingerprint density at radius 2 is 1.72 bits per heavy atom. The van der Waals surface area contributed by atoms with Crippen molar-refractivity contribution in [2.45, 2.75) is 38.8 Å². The fourth-order valence-electron chi connectivity index (χ4n) is 4.05. The van der Waals surface area contributed by atoms with Crippen molar-refractivity contribution in [2.75, 3.05) is 7.05 Å². The van der Waals surface area contributed by atoms with Crippen LogP contribution in [0.2, 0.25) is 0 Å². The zero-order valence-electron chi connectivity index (χ0n) is 17.1. The molecule has 0 aliphatic heterocycles. The van der Waals surface area contributed by atoms with Crippen molar-refractivity contribution in [1.82, 2.24) is 4.90 Å². The summed E-state index contributed by atoms with van der Waals surface area (Å²) in [5.41, 5.74) is 7.23. The molecule has 1 unspecified atom stereocenters. The van der Waals surface area contributed by atoms with Crippen LogP contribution in [0.5, 0.6) is 0 Å². The number of nitrogens with zero attached hydrogens (tertiary/aromatic N) is 1. The van der Waals surface area contributed by atoms with Gasteiger partial charge in [0.15, 0.2) is 0 Å². The van der Waals surface area contributed by atoms with Gasteiger partial charge in [-0.2, -0.15) is 0 Å². The van der Waals surface area contributed by atoms with E-state index in [1.807, 2.05) is 37.4 Å². The minimum absolute atomic E-state index is 0.0485. The summed E-state index contributed by atoms with van der Waals surface area (Å²) in [5, 5.41) is 0. The van der Waals surface area contributed by atoms with Gasteiger partial charge in [0, 0.05) is 7.05 Å². The third-order valence-corrected chi connectivity index (χ3v) is 5.77. The molecule has 1 atom stereocenters. The molecule has 1 amide bonds. The highest BCUT2D eigenvalue weighted by Crippen LogP contribution is 2.36. The van der Waals surface area contributed by atoms with Crippen molar-refractivity contribution in [3.05, 3.63) is 95.1 Å². The van der Waals surface area contributed by atoms with Gasteiger partial charge in [-0.25, -0.2) is 4.79 Å². The molecule has 1 aliphatic rings. The monoisotopic (exact) mass is 385 g/mol. The first kappa shape index (κ1) is 19.3. The zero-order valence-corrected chi connectivity index (χ0v) is 17.1. The molecule has 3 aromatic rings. The van der Waals surface area contributed by atoms with Crippen molar-refractivity contribution in [3.63, 3.8) is 0 Å². The van der Waals surface area contributed by atoms with Gasteiger partial charge in [-0.05, 0) is 60.1 Å². The van der Waals surface area contributed by atoms with E-state index in [2.05, 4.69) is 49.4 Å². The normalized spacial score (nSPS) is 15.4. The van der Waals surface area contributed by atoms with E-state index in [1.54, 1.807) is 4.90 Å². The van der Waals surface area contributed by atoms with Crippen molar-refractivity contribution in [2.24, 2.45) is 0 Å². The number of benzene rings is 3. The zero-order chi connectivity index (χ0) is 20.2. The van der Waals surface area contributed by atoms with Crippen molar-refractivity contribution >= 4 is 6.09 Å². The van der Waals surface area contributed by atoms with Crippen LogP contribution < -0.4 is 0 Å². The quantitative estimate of drug-likeness (QED) is 0.527. The number of hydrogen-bond donors (Lipinski definition) is 0. The van der Waals surface area contributed by atoms with E-state index >= 15 is 0 Å². The number of hydrogen-bond acceptors (Lipinski definition) is 2. The van der Waals surface area contributed by atoms with Crippen LogP contribution in [0.3, 0.4) is 0 Å². The third kappa shape index (κ3) is 4.34. The van der Waals surface area contributed by atoms with Gasteiger partial charge in [0.2, 0.25) is 0 Å². The number of aryl methyl sites for hydroxylation is 2. The van der Waals surface area contributed by atoms with E-state index in [0.29, 0.717) is 6.61 Å². The molecule has 0 heterocycles. The third-order valence-electron chi connectivity index (χ3n) is 5.77. The van der Waals surface area contributed by atoms with E-state index in [-0.39, 0.29) is 12.1 Å². The van der Waals surface area contributed by atoms with Crippen LogP contribution in [-0.2, 0) is 17.8 Å². The summed E-state index contributed by atoms with van der Waals surface area (Å²) in [7, 11) is 1.85. The second-order valence-corrected chi connectivity index (χ2v) is 7.84. The lowest BCUT2D eigenvalue weighted by molar-refractivity contribution is 0.0876. The number of carbonyl (C=O) groups is 1. The van der Waals surface area contributed by atoms with Crippen molar-refractivity contribution < 1.29 is 9.53 Å². The maximum Gasteiger partial charge on any atom is 0.410 e. The van der Waals surface area contributed by atoms with E-state index in [0.717, 1.165) is 24.8 Å². The molecule has 0 radical (unpaired) electrons. The molecule has 148 valence electrons. The smallest absolute Gasteiger partial charge is 0.410 e. The minimum Gasteiger partial charge on any atom is -0.445 e. The van der Waals surface area contributed by atoms with Crippen LogP contribution in [0.15, 0.2) is 72.8 Å². The van der Waals surface area contributed by atoms with Crippen LogP contribution in [-0.4, -0.2) is 18.0 Å². The molecule has 0 fully saturated rings. The first-order chi connectivity index (χ1) is 14.1. The molecule has 29 heavy (non-hydrogen) atoms. The number of ether oxygens (including phenoxy) is 1. The van der Waals surface area contributed by atoms with Gasteiger partial charge in [-0.3, -0.25) is 0 Å². The summed E-state index contributed by atoms with van der Waals surface area (Å²) in [6.07, 6.45) is 2.83. The SMILES string of the molecule is Cc1ccc(-c2ccc3c(c2)C(N(C)C(=O)OCc2ccccc2)CCC3)cc1. The highest BCUT2D eigenvalue weighted by Gasteiger charge is 2.28. The molecular weight excluding hydrogens is 358 g/mol. The fraction of sp³-hybridized carbons (Fsp3) is 0.269. The van der Waals surface area contributed by atoms with Crippen LogP contribution >= 0.6 is 0 Å². The molecule has 3 aromatic carbocycles. The molecule has 0 spiro atoms. The summed E-state index contributed by atoms with van der Waals surface area (Å²) in [6.45, 7) is 2.40. The topological polar surface area (TPSA) is 29.5 Å². The Morgan fingerprint density at radius 1 is 1.00 bits per heavy atom. The average Bonchev–Trinajstić information content (AvgIpc) is 2.77. The predicted molar refractivity (Wildman–Crippen MR) is 117 cm³/mol. The summed E-state index contributed by atoms with van der Waals surface area (Å²) in [4.78, 5) is 14.5. The Kier molecular flexibility index (Phi) is 5.66. The van der Waals surface area contributed by atoms with Gasteiger partial charge < -0.3 is 9.64 Å². The summed E-state index contributed by atoms with van der Waals surface area (Å²) < 4.78 is 5.57. The van der Waals surface area contributed by atoms with Crippen molar-refractivity contribution in [3.8, 4) is 11.1 Å². The highest BCUT2D eigenvalue weighted by atomic mass is 16.6. The number of carbonyl (C=O) groups excluding carboxylic acids is 1. The Bertz CT molecular complexity index is 979. The largest absolute Gasteiger partial charge is 0.445 e. The minimum atomic E-state index is -0.271. The van der Waals surface area contributed by atoms with Gasteiger partial charge in [0.25, 0.3) is 0 Å². The number of fused-ring (bicyclic) bond motifs is 1. The first-order valence-corrected chi connectivity index (χ1v) is 10.3.